The molecule has 0 radical (unpaired) electrons. The third kappa shape index (κ3) is 6.36. The molecule has 0 aliphatic carbocycles. The Morgan fingerprint density at radius 3 is 2.57 bits per heavy atom. The van der Waals surface area contributed by atoms with Gasteiger partial charge < -0.3 is 10.4 Å². The minimum Gasteiger partial charge on any atom is -0.481 e. The number of carboxylic acids is 1. The van der Waals surface area contributed by atoms with Crippen LogP contribution in [-0.2, 0) is 16.0 Å². The van der Waals surface area contributed by atoms with Crippen molar-refractivity contribution in [3.05, 3.63) is 33.8 Å². The number of carbonyl (C=O) groups excluding carboxylic acids is 1. The number of hydrogen-bond acceptors (Lipinski definition) is 2. The number of aliphatic carboxylic acids is 1. The van der Waals surface area contributed by atoms with E-state index in [1.54, 1.807) is 12.1 Å². The summed E-state index contributed by atoms with van der Waals surface area (Å²) in [5.41, 5.74) is 0.919. The highest BCUT2D eigenvalue weighted by molar-refractivity contribution is 6.42. The SMILES string of the molecule is CCCC(CNC(=O)CCc1ccc(Cl)c(Cl)c1)C(=O)O. The zero-order valence-electron chi connectivity index (χ0n) is 11.9. The van der Waals surface area contributed by atoms with E-state index >= 15 is 0 Å². The van der Waals surface area contributed by atoms with E-state index in [4.69, 9.17) is 28.3 Å². The maximum atomic E-state index is 11.7. The van der Waals surface area contributed by atoms with Crippen molar-refractivity contribution < 1.29 is 14.7 Å². The highest BCUT2D eigenvalue weighted by atomic mass is 35.5. The normalized spacial score (nSPS) is 12.0. The summed E-state index contributed by atoms with van der Waals surface area (Å²) in [6, 6.07) is 5.24. The van der Waals surface area contributed by atoms with Gasteiger partial charge in [-0.1, -0.05) is 42.6 Å². The molecule has 1 atom stereocenters. The van der Waals surface area contributed by atoms with Crippen molar-refractivity contribution >= 4 is 35.1 Å². The number of nitrogens with one attached hydrogen (secondary N) is 1. The fourth-order valence-corrected chi connectivity index (χ4v) is 2.26. The summed E-state index contributed by atoms with van der Waals surface area (Å²) in [6.07, 6.45) is 2.16. The van der Waals surface area contributed by atoms with Crippen LogP contribution >= 0.6 is 23.2 Å². The van der Waals surface area contributed by atoms with Crippen LogP contribution in [0.5, 0.6) is 0 Å². The monoisotopic (exact) mass is 331 g/mol. The number of carboxylic acid groups (broad SMARTS) is 1. The van der Waals surface area contributed by atoms with E-state index in [1.165, 1.54) is 0 Å². The van der Waals surface area contributed by atoms with Crippen LogP contribution in [0.25, 0.3) is 0 Å². The van der Waals surface area contributed by atoms with Crippen molar-refractivity contribution in [1.82, 2.24) is 5.32 Å². The van der Waals surface area contributed by atoms with Gasteiger partial charge in [0.2, 0.25) is 5.91 Å². The van der Waals surface area contributed by atoms with Gasteiger partial charge in [0.25, 0.3) is 0 Å². The molecule has 1 aromatic carbocycles. The highest BCUT2D eigenvalue weighted by Gasteiger charge is 2.17. The molecule has 1 aromatic rings. The second kappa shape index (κ2) is 8.90. The fourth-order valence-electron chi connectivity index (χ4n) is 1.94. The van der Waals surface area contributed by atoms with Crippen molar-refractivity contribution in [1.29, 1.82) is 0 Å². The third-order valence-corrected chi connectivity index (χ3v) is 3.90. The molecule has 6 heteroatoms. The van der Waals surface area contributed by atoms with Gasteiger partial charge in [-0.3, -0.25) is 9.59 Å². The predicted octanol–water partition coefficient (Wildman–Crippen LogP) is 3.54. The Kier molecular flexibility index (Phi) is 7.54. The lowest BCUT2D eigenvalue weighted by atomic mass is 10.0. The molecule has 116 valence electrons. The van der Waals surface area contributed by atoms with Crippen LogP contribution < -0.4 is 5.32 Å². The van der Waals surface area contributed by atoms with Crippen LogP contribution in [0.15, 0.2) is 18.2 Å². The Labute approximate surface area is 134 Å². The van der Waals surface area contributed by atoms with Crippen LogP contribution in [0, 0.1) is 5.92 Å². The Morgan fingerprint density at radius 1 is 1.29 bits per heavy atom. The Bertz CT molecular complexity index is 506. The van der Waals surface area contributed by atoms with Crippen molar-refractivity contribution in [2.45, 2.75) is 32.6 Å². The minimum absolute atomic E-state index is 0.163. The van der Waals surface area contributed by atoms with Gasteiger partial charge in [-0.2, -0.15) is 0 Å². The Morgan fingerprint density at radius 2 is 2.00 bits per heavy atom. The van der Waals surface area contributed by atoms with Crippen molar-refractivity contribution in [3.8, 4) is 0 Å². The molecule has 4 nitrogen and oxygen atoms in total. The maximum Gasteiger partial charge on any atom is 0.308 e. The fraction of sp³-hybridized carbons (Fsp3) is 0.467. The molecule has 0 bridgehead atoms. The van der Waals surface area contributed by atoms with E-state index < -0.39 is 11.9 Å². The van der Waals surface area contributed by atoms with Crippen molar-refractivity contribution in [2.75, 3.05) is 6.54 Å². The van der Waals surface area contributed by atoms with Crippen LogP contribution in [0.1, 0.15) is 31.7 Å². The van der Waals surface area contributed by atoms with Gasteiger partial charge in [0.15, 0.2) is 0 Å². The largest absolute Gasteiger partial charge is 0.481 e. The lowest BCUT2D eigenvalue weighted by Crippen LogP contribution is -2.33. The summed E-state index contributed by atoms with van der Waals surface area (Å²) >= 11 is 11.7. The Balaban J connectivity index is 2.39. The third-order valence-electron chi connectivity index (χ3n) is 3.16. The second-order valence-corrected chi connectivity index (χ2v) is 5.69. The summed E-state index contributed by atoms with van der Waals surface area (Å²) < 4.78 is 0. The molecule has 0 aliphatic rings. The molecule has 1 unspecified atom stereocenters. The van der Waals surface area contributed by atoms with Crippen molar-refractivity contribution in [3.63, 3.8) is 0 Å². The van der Waals surface area contributed by atoms with Crippen LogP contribution in [-0.4, -0.2) is 23.5 Å². The summed E-state index contributed by atoms with van der Waals surface area (Å²) in [5, 5.41) is 12.6. The molecular formula is C15H19Cl2NO3. The summed E-state index contributed by atoms with van der Waals surface area (Å²) in [6.45, 7) is 2.09. The highest BCUT2D eigenvalue weighted by Crippen LogP contribution is 2.23. The summed E-state index contributed by atoms with van der Waals surface area (Å²) in [4.78, 5) is 22.7. The number of carbonyl (C=O) groups is 2. The summed E-state index contributed by atoms with van der Waals surface area (Å²) in [7, 11) is 0. The Hall–Kier alpha value is -1.26. The lowest BCUT2D eigenvalue weighted by molar-refractivity contribution is -0.141. The molecule has 0 aliphatic heterocycles. The van der Waals surface area contributed by atoms with Gasteiger partial charge in [-0.15, -0.1) is 0 Å². The first-order valence-electron chi connectivity index (χ1n) is 6.87. The molecule has 21 heavy (non-hydrogen) atoms. The average molecular weight is 332 g/mol. The molecule has 0 fully saturated rings. The number of hydrogen-bond donors (Lipinski definition) is 2. The smallest absolute Gasteiger partial charge is 0.308 e. The first-order valence-corrected chi connectivity index (χ1v) is 7.63. The zero-order valence-corrected chi connectivity index (χ0v) is 13.4. The van der Waals surface area contributed by atoms with E-state index in [1.807, 2.05) is 13.0 Å². The second-order valence-electron chi connectivity index (χ2n) is 4.88. The molecule has 0 saturated heterocycles. The van der Waals surface area contributed by atoms with E-state index in [0.29, 0.717) is 22.9 Å². The van der Waals surface area contributed by atoms with Gasteiger partial charge in [0.05, 0.1) is 16.0 Å². The number of aryl methyl sites for hydroxylation is 1. The van der Waals surface area contributed by atoms with Gasteiger partial charge in [0, 0.05) is 13.0 Å². The van der Waals surface area contributed by atoms with Gasteiger partial charge in [-0.05, 0) is 30.5 Å². The van der Waals surface area contributed by atoms with Gasteiger partial charge in [0.1, 0.15) is 0 Å². The number of amides is 1. The average Bonchev–Trinajstić information content (AvgIpc) is 2.44. The minimum atomic E-state index is -0.873. The first-order chi connectivity index (χ1) is 9.93. The topological polar surface area (TPSA) is 66.4 Å². The molecular weight excluding hydrogens is 313 g/mol. The van der Waals surface area contributed by atoms with Crippen LogP contribution in [0.2, 0.25) is 10.0 Å². The molecule has 0 spiro atoms. The molecule has 0 aromatic heterocycles. The maximum absolute atomic E-state index is 11.7. The number of benzene rings is 1. The first kappa shape index (κ1) is 17.8. The predicted molar refractivity (Wildman–Crippen MR) is 83.8 cm³/mol. The number of rotatable bonds is 8. The quantitative estimate of drug-likeness (QED) is 0.765. The van der Waals surface area contributed by atoms with E-state index in [9.17, 15) is 9.59 Å². The van der Waals surface area contributed by atoms with E-state index in [-0.39, 0.29) is 18.9 Å². The van der Waals surface area contributed by atoms with E-state index in [2.05, 4.69) is 5.32 Å². The van der Waals surface area contributed by atoms with Gasteiger partial charge in [-0.25, -0.2) is 0 Å². The molecule has 0 heterocycles. The lowest BCUT2D eigenvalue weighted by Gasteiger charge is -2.12. The number of halogens is 2. The standard InChI is InChI=1S/C15H19Cl2NO3/c1-2-3-11(15(20)21)9-18-14(19)7-5-10-4-6-12(16)13(17)8-10/h4,6,8,11H,2-3,5,7,9H2,1H3,(H,18,19)(H,20,21). The molecule has 1 amide bonds. The molecule has 0 saturated carbocycles. The van der Waals surface area contributed by atoms with Crippen molar-refractivity contribution in [2.24, 2.45) is 5.92 Å². The van der Waals surface area contributed by atoms with Crippen LogP contribution in [0.3, 0.4) is 0 Å². The molecule has 2 N–H and O–H groups in total. The zero-order chi connectivity index (χ0) is 15.8. The van der Waals surface area contributed by atoms with E-state index in [0.717, 1.165) is 12.0 Å². The molecule has 1 rings (SSSR count). The van der Waals surface area contributed by atoms with Gasteiger partial charge >= 0.3 is 5.97 Å². The summed E-state index contributed by atoms with van der Waals surface area (Å²) in [5.74, 6) is -1.56. The van der Waals surface area contributed by atoms with Crippen LogP contribution in [0.4, 0.5) is 0 Å².